The second-order valence-electron chi connectivity index (χ2n) is 3.02. The van der Waals surface area contributed by atoms with Crippen molar-refractivity contribution >= 4 is 11.8 Å². The molecule has 1 heterocycles. The molecular formula is C8H14N2O3. The third kappa shape index (κ3) is 2.26. The molecule has 2 N–H and O–H groups in total. The lowest BCUT2D eigenvalue weighted by atomic mass is 10.1. The first-order chi connectivity index (χ1) is 6.16. The number of nitrogens with zero attached hydrogens (tertiary/aromatic N) is 1. The number of amides is 2. The number of rotatable bonds is 3. The average molecular weight is 186 g/mol. The lowest BCUT2D eigenvalue weighted by molar-refractivity contribution is -0.149. The lowest BCUT2D eigenvalue weighted by Crippen LogP contribution is -2.52. The van der Waals surface area contributed by atoms with E-state index in [4.69, 9.17) is 10.5 Å². The predicted octanol–water partition coefficient (Wildman–Crippen LogP) is -0.891. The van der Waals surface area contributed by atoms with Gasteiger partial charge in [0.2, 0.25) is 11.8 Å². The van der Waals surface area contributed by atoms with E-state index in [9.17, 15) is 9.59 Å². The third-order valence-corrected chi connectivity index (χ3v) is 2.07. The Morgan fingerprint density at radius 3 is 2.92 bits per heavy atom. The summed E-state index contributed by atoms with van der Waals surface area (Å²) in [5.41, 5.74) is 5.52. The highest BCUT2D eigenvalue weighted by molar-refractivity contribution is 6.00. The van der Waals surface area contributed by atoms with E-state index < -0.39 is 6.04 Å². The van der Waals surface area contributed by atoms with Crippen molar-refractivity contribution in [3.63, 3.8) is 0 Å². The van der Waals surface area contributed by atoms with Gasteiger partial charge in [-0.05, 0) is 6.42 Å². The molecule has 2 amide bonds. The predicted molar refractivity (Wildman–Crippen MR) is 45.8 cm³/mol. The topological polar surface area (TPSA) is 72.6 Å². The summed E-state index contributed by atoms with van der Waals surface area (Å²) in [6.07, 6.45) is 0.817. The van der Waals surface area contributed by atoms with Crippen LogP contribution in [0.5, 0.6) is 0 Å². The molecule has 0 aromatic carbocycles. The standard InChI is InChI=1S/C8H14N2O3/c1-13-5-4-10-7(11)3-2-6(9)8(10)12/h6H,2-5,9H2,1H3/t6-/m0/s1. The Balaban J connectivity index is 2.56. The number of piperidine rings is 1. The molecule has 0 unspecified atom stereocenters. The lowest BCUT2D eigenvalue weighted by Gasteiger charge is -2.28. The Morgan fingerprint density at radius 1 is 1.62 bits per heavy atom. The molecule has 5 heteroatoms. The molecule has 1 aliphatic heterocycles. The molecule has 74 valence electrons. The smallest absolute Gasteiger partial charge is 0.246 e. The first-order valence-electron chi connectivity index (χ1n) is 4.25. The summed E-state index contributed by atoms with van der Waals surface area (Å²) in [7, 11) is 1.53. The normalized spacial score (nSPS) is 23.8. The number of hydrogen-bond donors (Lipinski definition) is 1. The molecule has 13 heavy (non-hydrogen) atoms. The molecule has 0 aromatic rings. The summed E-state index contributed by atoms with van der Waals surface area (Å²) in [6.45, 7) is 0.673. The Kier molecular flexibility index (Phi) is 3.39. The van der Waals surface area contributed by atoms with E-state index in [-0.39, 0.29) is 11.8 Å². The summed E-state index contributed by atoms with van der Waals surface area (Å²) < 4.78 is 4.79. The summed E-state index contributed by atoms with van der Waals surface area (Å²) in [5.74, 6) is -0.433. The number of likely N-dealkylation sites (tertiary alicyclic amines) is 1. The van der Waals surface area contributed by atoms with Gasteiger partial charge >= 0.3 is 0 Å². The van der Waals surface area contributed by atoms with E-state index in [0.29, 0.717) is 26.0 Å². The van der Waals surface area contributed by atoms with E-state index in [2.05, 4.69) is 0 Å². The van der Waals surface area contributed by atoms with E-state index in [0.717, 1.165) is 0 Å². The van der Waals surface area contributed by atoms with Crippen molar-refractivity contribution in [2.45, 2.75) is 18.9 Å². The van der Waals surface area contributed by atoms with Gasteiger partial charge in [-0.1, -0.05) is 0 Å². The Labute approximate surface area is 76.8 Å². The maximum absolute atomic E-state index is 11.4. The number of hydrogen-bond acceptors (Lipinski definition) is 4. The van der Waals surface area contributed by atoms with Crippen LogP contribution in [0.2, 0.25) is 0 Å². The summed E-state index contributed by atoms with van der Waals surface area (Å²) in [5, 5.41) is 0. The van der Waals surface area contributed by atoms with Gasteiger partial charge in [0.1, 0.15) is 0 Å². The number of imide groups is 1. The van der Waals surface area contributed by atoms with Crippen molar-refractivity contribution in [1.29, 1.82) is 0 Å². The van der Waals surface area contributed by atoms with Crippen LogP contribution in [0.3, 0.4) is 0 Å². The van der Waals surface area contributed by atoms with Gasteiger partial charge in [0, 0.05) is 13.5 Å². The van der Waals surface area contributed by atoms with Crippen LogP contribution in [-0.4, -0.2) is 43.0 Å². The highest BCUT2D eigenvalue weighted by Gasteiger charge is 2.31. The monoisotopic (exact) mass is 186 g/mol. The molecular weight excluding hydrogens is 172 g/mol. The number of carbonyl (C=O) groups excluding carboxylic acids is 2. The quantitative estimate of drug-likeness (QED) is 0.580. The minimum absolute atomic E-state index is 0.149. The van der Waals surface area contributed by atoms with E-state index in [1.54, 1.807) is 0 Å². The molecule has 1 fully saturated rings. The molecule has 1 rings (SSSR count). The molecule has 0 aromatic heterocycles. The summed E-state index contributed by atoms with van der Waals surface area (Å²) in [4.78, 5) is 23.8. The van der Waals surface area contributed by atoms with Gasteiger partial charge in [-0.25, -0.2) is 0 Å². The number of carbonyl (C=O) groups is 2. The van der Waals surface area contributed by atoms with Gasteiger partial charge in [-0.15, -0.1) is 0 Å². The fourth-order valence-corrected chi connectivity index (χ4v) is 1.28. The highest BCUT2D eigenvalue weighted by atomic mass is 16.5. The van der Waals surface area contributed by atoms with Gasteiger partial charge in [-0.3, -0.25) is 14.5 Å². The molecule has 0 bridgehead atoms. The van der Waals surface area contributed by atoms with E-state index >= 15 is 0 Å². The van der Waals surface area contributed by atoms with Crippen LogP contribution >= 0.6 is 0 Å². The SMILES string of the molecule is COCCN1C(=O)CC[C@H](N)C1=O. The van der Waals surface area contributed by atoms with Crippen LogP contribution in [0.1, 0.15) is 12.8 Å². The minimum atomic E-state index is -0.519. The number of methoxy groups -OCH3 is 1. The van der Waals surface area contributed by atoms with Crippen molar-refractivity contribution in [3.8, 4) is 0 Å². The largest absolute Gasteiger partial charge is 0.383 e. The van der Waals surface area contributed by atoms with Gasteiger partial charge < -0.3 is 10.5 Å². The maximum Gasteiger partial charge on any atom is 0.246 e. The van der Waals surface area contributed by atoms with Crippen LogP contribution in [0.15, 0.2) is 0 Å². The molecule has 0 saturated carbocycles. The molecule has 1 aliphatic rings. The molecule has 0 spiro atoms. The number of ether oxygens (including phenoxy) is 1. The van der Waals surface area contributed by atoms with Crippen molar-refractivity contribution in [2.24, 2.45) is 5.73 Å². The fourth-order valence-electron chi connectivity index (χ4n) is 1.28. The van der Waals surface area contributed by atoms with Crippen molar-refractivity contribution in [3.05, 3.63) is 0 Å². The second kappa shape index (κ2) is 4.34. The summed E-state index contributed by atoms with van der Waals surface area (Å²) in [6, 6.07) is -0.519. The van der Waals surface area contributed by atoms with Crippen LogP contribution < -0.4 is 5.73 Å². The Bertz CT molecular complexity index is 217. The molecule has 1 atom stereocenters. The highest BCUT2D eigenvalue weighted by Crippen LogP contribution is 2.10. The molecule has 0 radical (unpaired) electrons. The maximum atomic E-state index is 11.4. The zero-order valence-corrected chi connectivity index (χ0v) is 7.66. The molecule has 5 nitrogen and oxygen atoms in total. The first kappa shape index (κ1) is 10.1. The van der Waals surface area contributed by atoms with Gasteiger partial charge in [0.15, 0.2) is 0 Å². The number of nitrogens with two attached hydrogens (primary N) is 1. The van der Waals surface area contributed by atoms with Gasteiger partial charge in [-0.2, -0.15) is 0 Å². The van der Waals surface area contributed by atoms with E-state index in [1.807, 2.05) is 0 Å². The fraction of sp³-hybridized carbons (Fsp3) is 0.750. The Hall–Kier alpha value is -0.940. The average Bonchev–Trinajstić information content (AvgIpc) is 2.12. The zero-order valence-electron chi connectivity index (χ0n) is 7.66. The molecule has 0 aliphatic carbocycles. The van der Waals surface area contributed by atoms with Crippen molar-refractivity contribution < 1.29 is 14.3 Å². The van der Waals surface area contributed by atoms with Crippen LogP contribution in [0, 0.1) is 0 Å². The van der Waals surface area contributed by atoms with Crippen LogP contribution in [-0.2, 0) is 14.3 Å². The molecule has 1 saturated heterocycles. The van der Waals surface area contributed by atoms with Gasteiger partial charge in [0.05, 0.1) is 19.2 Å². The van der Waals surface area contributed by atoms with Crippen LogP contribution in [0.4, 0.5) is 0 Å². The first-order valence-corrected chi connectivity index (χ1v) is 4.25. The van der Waals surface area contributed by atoms with Crippen LogP contribution in [0.25, 0.3) is 0 Å². The Morgan fingerprint density at radius 2 is 2.31 bits per heavy atom. The van der Waals surface area contributed by atoms with E-state index in [1.165, 1.54) is 12.0 Å². The van der Waals surface area contributed by atoms with Crippen molar-refractivity contribution in [1.82, 2.24) is 4.90 Å². The zero-order chi connectivity index (χ0) is 9.84. The third-order valence-electron chi connectivity index (χ3n) is 2.07. The second-order valence-corrected chi connectivity index (χ2v) is 3.02. The minimum Gasteiger partial charge on any atom is -0.383 e. The van der Waals surface area contributed by atoms with Crippen molar-refractivity contribution in [2.75, 3.05) is 20.3 Å². The summed E-state index contributed by atoms with van der Waals surface area (Å²) >= 11 is 0. The van der Waals surface area contributed by atoms with Gasteiger partial charge in [0.25, 0.3) is 0 Å².